The predicted molar refractivity (Wildman–Crippen MR) is 53.6 cm³/mol. The number of hydrogen-bond acceptors (Lipinski definition) is 5. The molecule has 0 N–H and O–H groups in total. The Morgan fingerprint density at radius 1 is 1.69 bits per heavy atom. The molecule has 5 heteroatoms. The SMILES string of the molecule is COC(=O)[C@]1(C)C(=O)CC[C@H]1c1cnco1. The van der Waals surface area contributed by atoms with E-state index >= 15 is 0 Å². The molecule has 0 saturated heterocycles. The van der Waals surface area contributed by atoms with Crippen molar-refractivity contribution in [3.63, 3.8) is 0 Å². The van der Waals surface area contributed by atoms with Gasteiger partial charge in [-0.05, 0) is 13.3 Å². The van der Waals surface area contributed by atoms with Crippen LogP contribution in [-0.4, -0.2) is 23.8 Å². The van der Waals surface area contributed by atoms with Crippen LogP contribution < -0.4 is 0 Å². The van der Waals surface area contributed by atoms with Gasteiger partial charge < -0.3 is 9.15 Å². The number of nitrogens with zero attached hydrogens (tertiary/aromatic N) is 1. The van der Waals surface area contributed by atoms with E-state index in [0.717, 1.165) is 0 Å². The van der Waals surface area contributed by atoms with Crippen molar-refractivity contribution < 1.29 is 18.7 Å². The van der Waals surface area contributed by atoms with E-state index in [1.54, 1.807) is 13.1 Å². The van der Waals surface area contributed by atoms with Gasteiger partial charge in [0, 0.05) is 12.3 Å². The smallest absolute Gasteiger partial charge is 0.319 e. The maximum absolute atomic E-state index is 11.8. The summed E-state index contributed by atoms with van der Waals surface area (Å²) >= 11 is 0. The highest BCUT2D eigenvalue weighted by molar-refractivity contribution is 6.06. The Hall–Kier alpha value is -1.65. The van der Waals surface area contributed by atoms with Gasteiger partial charge in [-0.1, -0.05) is 0 Å². The van der Waals surface area contributed by atoms with Crippen LogP contribution >= 0.6 is 0 Å². The maximum atomic E-state index is 11.8. The molecule has 1 fully saturated rings. The molecule has 16 heavy (non-hydrogen) atoms. The van der Waals surface area contributed by atoms with Gasteiger partial charge in [0.25, 0.3) is 0 Å². The average Bonchev–Trinajstić information content (AvgIpc) is 2.88. The molecule has 1 saturated carbocycles. The Morgan fingerprint density at radius 3 is 3.00 bits per heavy atom. The van der Waals surface area contributed by atoms with Crippen molar-refractivity contribution in [3.8, 4) is 0 Å². The minimum absolute atomic E-state index is 0.0965. The summed E-state index contributed by atoms with van der Waals surface area (Å²) in [7, 11) is 1.29. The van der Waals surface area contributed by atoms with Gasteiger partial charge in [0.1, 0.15) is 11.2 Å². The molecule has 2 atom stereocenters. The third-order valence-corrected chi connectivity index (χ3v) is 3.34. The van der Waals surface area contributed by atoms with Gasteiger partial charge in [-0.2, -0.15) is 0 Å². The first kappa shape index (κ1) is 10.9. The second kappa shape index (κ2) is 3.73. The molecular formula is C11H13NO4. The molecule has 1 heterocycles. The molecule has 86 valence electrons. The fraction of sp³-hybridized carbons (Fsp3) is 0.545. The van der Waals surface area contributed by atoms with Crippen LogP contribution in [0.5, 0.6) is 0 Å². The normalized spacial score (nSPS) is 29.4. The molecule has 0 amide bonds. The highest BCUT2D eigenvalue weighted by Gasteiger charge is 2.54. The van der Waals surface area contributed by atoms with Crippen molar-refractivity contribution in [1.82, 2.24) is 4.98 Å². The lowest BCUT2D eigenvalue weighted by molar-refractivity contribution is -0.156. The molecule has 1 aromatic rings. The zero-order chi connectivity index (χ0) is 11.8. The molecule has 1 aromatic heterocycles. The van der Waals surface area contributed by atoms with E-state index in [0.29, 0.717) is 18.6 Å². The molecule has 1 aliphatic carbocycles. The van der Waals surface area contributed by atoms with E-state index in [1.807, 2.05) is 0 Å². The topological polar surface area (TPSA) is 69.4 Å². The van der Waals surface area contributed by atoms with Crippen LogP contribution in [-0.2, 0) is 14.3 Å². The molecule has 5 nitrogen and oxygen atoms in total. The van der Waals surface area contributed by atoms with Crippen LogP contribution in [0.1, 0.15) is 31.4 Å². The highest BCUT2D eigenvalue weighted by Crippen LogP contribution is 2.47. The van der Waals surface area contributed by atoms with Gasteiger partial charge in [-0.15, -0.1) is 0 Å². The van der Waals surface area contributed by atoms with Crippen molar-refractivity contribution in [2.75, 3.05) is 7.11 Å². The quantitative estimate of drug-likeness (QED) is 0.558. The van der Waals surface area contributed by atoms with Crippen molar-refractivity contribution in [2.45, 2.75) is 25.7 Å². The van der Waals surface area contributed by atoms with E-state index in [2.05, 4.69) is 4.98 Å². The number of ketones is 1. The fourth-order valence-corrected chi connectivity index (χ4v) is 2.31. The van der Waals surface area contributed by atoms with Crippen LogP contribution in [0.15, 0.2) is 17.0 Å². The first-order chi connectivity index (χ1) is 7.60. The first-order valence-corrected chi connectivity index (χ1v) is 5.10. The van der Waals surface area contributed by atoms with E-state index < -0.39 is 11.4 Å². The Labute approximate surface area is 92.8 Å². The number of carbonyl (C=O) groups excluding carboxylic acids is 2. The fourth-order valence-electron chi connectivity index (χ4n) is 2.31. The number of methoxy groups -OCH3 is 1. The largest absolute Gasteiger partial charge is 0.468 e. The monoisotopic (exact) mass is 223 g/mol. The number of Topliss-reactive ketones (excluding diaryl/α,β-unsaturated/α-hetero) is 1. The Balaban J connectivity index is 2.40. The van der Waals surface area contributed by atoms with Crippen LogP contribution in [0.4, 0.5) is 0 Å². The molecule has 0 bridgehead atoms. The number of ether oxygens (including phenoxy) is 1. The number of carbonyl (C=O) groups is 2. The standard InChI is InChI=1S/C11H13NO4/c1-11(10(14)15-2)7(3-4-9(11)13)8-5-12-6-16-8/h5-7H,3-4H2,1-2H3/t7-,11-/m0/s1. The molecule has 1 aliphatic rings. The van der Waals surface area contributed by atoms with E-state index in [-0.39, 0.29) is 11.7 Å². The van der Waals surface area contributed by atoms with Gasteiger partial charge in [0.2, 0.25) is 0 Å². The molecule has 0 aliphatic heterocycles. The number of hydrogen-bond donors (Lipinski definition) is 0. The van der Waals surface area contributed by atoms with Gasteiger partial charge in [0.05, 0.1) is 13.3 Å². The molecule has 0 unspecified atom stereocenters. The summed E-state index contributed by atoms with van der Waals surface area (Å²) in [4.78, 5) is 27.4. The molecule has 0 aromatic carbocycles. The zero-order valence-electron chi connectivity index (χ0n) is 9.23. The van der Waals surface area contributed by atoms with Gasteiger partial charge in [-0.3, -0.25) is 9.59 Å². The van der Waals surface area contributed by atoms with Crippen LogP contribution in [0, 0.1) is 5.41 Å². The van der Waals surface area contributed by atoms with Gasteiger partial charge in [-0.25, -0.2) is 4.98 Å². The van der Waals surface area contributed by atoms with E-state index in [9.17, 15) is 9.59 Å². The number of oxazole rings is 1. The summed E-state index contributed by atoms with van der Waals surface area (Å²) in [5.74, 6) is -0.300. The van der Waals surface area contributed by atoms with Crippen LogP contribution in [0.2, 0.25) is 0 Å². The van der Waals surface area contributed by atoms with Gasteiger partial charge >= 0.3 is 5.97 Å². The van der Waals surface area contributed by atoms with E-state index in [1.165, 1.54) is 13.5 Å². The minimum atomic E-state index is -1.13. The highest BCUT2D eigenvalue weighted by atomic mass is 16.5. The first-order valence-electron chi connectivity index (χ1n) is 5.10. The second-order valence-electron chi connectivity index (χ2n) is 4.11. The zero-order valence-corrected chi connectivity index (χ0v) is 9.23. The summed E-state index contributed by atoms with van der Waals surface area (Å²) in [5.41, 5.74) is -1.13. The minimum Gasteiger partial charge on any atom is -0.468 e. The summed E-state index contributed by atoms with van der Waals surface area (Å²) in [6.07, 6.45) is 3.82. The third-order valence-electron chi connectivity index (χ3n) is 3.34. The number of aromatic nitrogens is 1. The number of rotatable bonds is 2. The second-order valence-corrected chi connectivity index (χ2v) is 4.11. The Bertz CT molecular complexity index is 412. The summed E-state index contributed by atoms with van der Waals surface area (Å²) in [5, 5.41) is 0. The molecule has 0 spiro atoms. The lowest BCUT2D eigenvalue weighted by Crippen LogP contribution is -2.37. The molecular weight excluding hydrogens is 210 g/mol. The Morgan fingerprint density at radius 2 is 2.44 bits per heavy atom. The van der Waals surface area contributed by atoms with Crippen molar-refractivity contribution in [2.24, 2.45) is 5.41 Å². The molecule has 2 rings (SSSR count). The van der Waals surface area contributed by atoms with E-state index in [4.69, 9.17) is 9.15 Å². The third kappa shape index (κ3) is 1.35. The number of esters is 1. The van der Waals surface area contributed by atoms with Gasteiger partial charge in [0.15, 0.2) is 12.2 Å². The lowest BCUT2D eigenvalue weighted by Gasteiger charge is -2.25. The molecule has 0 radical (unpaired) electrons. The summed E-state index contributed by atoms with van der Waals surface area (Å²) in [6, 6.07) is 0. The van der Waals surface area contributed by atoms with Crippen LogP contribution in [0.3, 0.4) is 0 Å². The van der Waals surface area contributed by atoms with Crippen molar-refractivity contribution in [1.29, 1.82) is 0 Å². The lowest BCUT2D eigenvalue weighted by atomic mass is 9.78. The maximum Gasteiger partial charge on any atom is 0.319 e. The summed E-state index contributed by atoms with van der Waals surface area (Å²) in [6.45, 7) is 1.61. The predicted octanol–water partition coefficient (Wildman–Crippen LogP) is 1.30. The van der Waals surface area contributed by atoms with Crippen molar-refractivity contribution in [3.05, 3.63) is 18.4 Å². The van der Waals surface area contributed by atoms with Crippen LogP contribution in [0.25, 0.3) is 0 Å². The Kier molecular flexibility index (Phi) is 2.53. The average molecular weight is 223 g/mol. The summed E-state index contributed by atoms with van der Waals surface area (Å²) < 4.78 is 9.90. The van der Waals surface area contributed by atoms with Crippen molar-refractivity contribution >= 4 is 11.8 Å².